The number of H-pyrrole nitrogens is 1. The fourth-order valence-electron chi connectivity index (χ4n) is 7.25. The van der Waals surface area contributed by atoms with Crippen LogP contribution >= 0.6 is 0 Å². The highest BCUT2D eigenvalue weighted by Crippen LogP contribution is 2.56. The van der Waals surface area contributed by atoms with Crippen molar-refractivity contribution in [3.05, 3.63) is 102 Å². The van der Waals surface area contributed by atoms with Crippen LogP contribution in [0.1, 0.15) is 48.9 Å². The summed E-state index contributed by atoms with van der Waals surface area (Å²) in [5.74, 6) is 0. The average Bonchev–Trinajstić information content (AvgIpc) is 3.30. The van der Waals surface area contributed by atoms with Crippen molar-refractivity contribution in [1.82, 2.24) is 9.88 Å². The van der Waals surface area contributed by atoms with Crippen LogP contribution in [0.4, 0.5) is 0 Å². The predicted octanol–water partition coefficient (Wildman–Crippen LogP) is 6.23. The molecule has 0 saturated heterocycles. The Kier molecular flexibility index (Phi) is 5.62. The van der Waals surface area contributed by atoms with Gasteiger partial charge in [-0.05, 0) is 81.9 Å². The van der Waals surface area contributed by atoms with Crippen LogP contribution in [0.2, 0.25) is 0 Å². The summed E-state index contributed by atoms with van der Waals surface area (Å²) in [7, 11) is 0.824. The molecule has 2 aliphatic rings. The second kappa shape index (κ2) is 8.60. The zero-order valence-electron chi connectivity index (χ0n) is 21.1. The summed E-state index contributed by atoms with van der Waals surface area (Å²) in [5, 5.41) is 0.804. The van der Waals surface area contributed by atoms with Crippen LogP contribution in [0, 0.1) is 0 Å². The number of benzene rings is 3. The Labute approximate surface area is 214 Å². The van der Waals surface area contributed by atoms with Crippen LogP contribution in [0.25, 0.3) is 10.9 Å². The molecule has 0 radical (unpaired) electrons. The van der Waals surface area contributed by atoms with E-state index in [1.165, 1.54) is 22.2 Å². The molecule has 5 heteroatoms. The molecule has 4 aromatic rings. The number of hydrogen-bond acceptors (Lipinski definition) is 3. The van der Waals surface area contributed by atoms with Crippen molar-refractivity contribution in [1.29, 1.82) is 0 Å². The van der Waals surface area contributed by atoms with Crippen molar-refractivity contribution >= 4 is 20.7 Å². The standard InChI is InChI=1S/C31H34N2O2S/c1-33(2)31(23-11-5-3-6-12-23)21-19-30(20-22-31)28(36(34,35)24-13-7-4-8-14-24)18-17-26-25-15-9-10-16-27(25)32-29(26)30/h3-16,28,32H,17-22H2,1-2H3. The Morgan fingerprint density at radius 1 is 0.806 bits per heavy atom. The number of para-hydroxylation sites is 1. The number of fused-ring (bicyclic) bond motifs is 4. The molecule has 186 valence electrons. The Morgan fingerprint density at radius 3 is 2.08 bits per heavy atom. The summed E-state index contributed by atoms with van der Waals surface area (Å²) in [6.45, 7) is 0. The Bertz CT molecular complexity index is 1480. The molecule has 4 nitrogen and oxygen atoms in total. The minimum absolute atomic E-state index is 0.100. The zero-order chi connectivity index (χ0) is 25.0. The van der Waals surface area contributed by atoms with Crippen molar-refractivity contribution in [3.63, 3.8) is 0 Å². The number of aromatic amines is 1. The van der Waals surface area contributed by atoms with Crippen molar-refractivity contribution < 1.29 is 8.42 Å². The lowest BCUT2D eigenvalue weighted by Crippen LogP contribution is -2.55. The fourth-order valence-corrected chi connectivity index (χ4v) is 9.49. The third-order valence-corrected chi connectivity index (χ3v) is 11.5. The van der Waals surface area contributed by atoms with Gasteiger partial charge in [0.2, 0.25) is 0 Å². The van der Waals surface area contributed by atoms with Crippen molar-refractivity contribution in [3.8, 4) is 0 Å². The van der Waals surface area contributed by atoms with Gasteiger partial charge in [-0.2, -0.15) is 0 Å². The predicted molar refractivity (Wildman–Crippen MR) is 146 cm³/mol. The Hall–Kier alpha value is -2.89. The monoisotopic (exact) mass is 498 g/mol. The van der Waals surface area contributed by atoms with E-state index < -0.39 is 20.5 Å². The lowest BCUT2D eigenvalue weighted by atomic mass is 9.59. The SMILES string of the molecule is CN(C)C1(c2ccccc2)CCC2(CC1)c1[nH]c3ccccc3c1CCC2S(=O)(=O)c1ccccc1. The Balaban J connectivity index is 1.51. The summed E-state index contributed by atoms with van der Waals surface area (Å²) in [6, 6.07) is 28.3. The molecule has 1 N–H and O–H groups in total. The molecule has 2 aliphatic carbocycles. The molecule has 1 saturated carbocycles. The molecular formula is C31H34N2O2S. The topological polar surface area (TPSA) is 53.2 Å². The fraction of sp³-hybridized carbons (Fsp3) is 0.355. The van der Waals surface area contributed by atoms with Gasteiger partial charge >= 0.3 is 0 Å². The van der Waals surface area contributed by atoms with Gasteiger partial charge in [0, 0.05) is 27.6 Å². The van der Waals surface area contributed by atoms with Crippen LogP contribution in [-0.4, -0.2) is 37.6 Å². The first-order valence-electron chi connectivity index (χ1n) is 13.0. The van der Waals surface area contributed by atoms with Gasteiger partial charge < -0.3 is 4.98 Å². The molecule has 1 unspecified atom stereocenters. The maximum absolute atomic E-state index is 14.2. The van der Waals surface area contributed by atoms with Crippen LogP contribution in [0.3, 0.4) is 0 Å². The third kappa shape index (κ3) is 3.40. The Morgan fingerprint density at radius 2 is 1.42 bits per heavy atom. The first-order chi connectivity index (χ1) is 17.4. The van der Waals surface area contributed by atoms with E-state index in [1.807, 2.05) is 18.2 Å². The third-order valence-electron chi connectivity index (χ3n) is 9.17. The quantitative estimate of drug-likeness (QED) is 0.363. The number of hydrogen-bond donors (Lipinski definition) is 1. The van der Waals surface area contributed by atoms with E-state index in [0.717, 1.165) is 37.6 Å². The molecule has 1 aromatic heterocycles. The lowest BCUT2D eigenvalue weighted by Gasteiger charge is -2.53. The van der Waals surface area contributed by atoms with E-state index in [4.69, 9.17) is 0 Å². The van der Waals surface area contributed by atoms with Gasteiger partial charge in [0.15, 0.2) is 9.84 Å². The van der Waals surface area contributed by atoms with Crippen LogP contribution in [0.5, 0.6) is 0 Å². The number of nitrogens with zero attached hydrogens (tertiary/aromatic N) is 1. The highest BCUT2D eigenvalue weighted by molar-refractivity contribution is 7.92. The second-order valence-corrected chi connectivity index (χ2v) is 13.0. The van der Waals surface area contributed by atoms with E-state index in [1.54, 1.807) is 12.1 Å². The van der Waals surface area contributed by atoms with Gasteiger partial charge in [0.05, 0.1) is 10.1 Å². The van der Waals surface area contributed by atoms with Crippen molar-refractivity contribution in [2.45, 2.75) is 59.6 Å². The maximum atomic E-state index is 14.2. The molecule has 1 heterocycles. The first kappa shape index (κ1) is 23.5. The van der Waals surface area contributed by atoms with Crippen LogP contribution in [-0.2, 0) is 27.2 Å². The van der Waals surface area contributed by atoms with Crippen LogP contribution < -0.4 is 0 Å². The molecule has 6 rings (SSSR count). The van der Waals surface area contributed by atoms with Crippen LogP contribution in [0.15, 0.2) is 89.8 Å². The van der Waals surface area contributed by atoms with E-state index in [-0.39, 0.29) is 5.54 Å². The van der Waals surface area contributed by atoms with Gasteiger partial charge in [-0.3, -0.25) is 4.90 Å². The second-order valence-electron chi connectivity index (χ2n) is 10.9. The average molecular weight is 499 g/mol. The highest BCUT2D eigenvalue weighted by atomic mass is 32.2. The van der Waals surface area contributed by atoms with E-state index in [0.29, 0.717) is 11.3 Å². The summed E-state index contributed by atoms with van der Waals surface area (Å²) in [5.41, 5.74) is 4.39. The number of sulfone groups is 1. The van der Waals surface area contributed by atoms with Gasteiger partial charge in [0.25, 0.3) is 0 Å². The van der Waals surface area contributed by atoms with E-state index in [2.05, 4.69) is 78.6 Å². The smallest absolute Gasteiger partial charge is 0.182 e. The molecule has 0 bridgehead atoms. The number of aryl methyl sites for hydroxylation is 1. The first-order valence-corrected chi connectivity index (χ1v) is 14.6. The number of rotatable bonds is 4. The largest absolute Gasteiger partial charge is 0.358 e. The normalized spacial score (nSPS) is 26.4. The van der Waals surface area contributed by atoms with Gasteiger partial charge in [-0.15, -0.1) is 0 Å². The number of nitrogens with one attached hydrogen (secondary N) is 1. The highest BCUT2D eigenvalue weighted by Gasteiger charge is 2.56. The molecule has 0 amide bonds. The zero-order valence-corrected chi connectivity index (χ0v) is 21.9. The molecule has 1 fully saturated rings. The summed E-state index contributed by atoms with van der Waals surface area (Å²) >= 11 is 0. The molecule has 36 heavy (non-hydrogen) atoms. The van der Waals surface area contributed by atoms with Gasteiger partial charge in [-0.25, -0.2) is 8.42 Å². The summed E-state index contributed by atoms with van der Waals surface area (Å²) in [6.07, 6.45) is 4.94. The summed E-state index contributed by atoms with van der Waals surface area (Å²) in [4.78, 5) is 6.55. The van der Waals surface area contributed by atoms with E-state index in [9.17, 15) is 8.42 Å². The summed E-state index contributed by atoms with van der Waals surface area (Å²) < 4.78 is 28.5. The molecule has 1 spiro atoms. The van der Waals surface area contributed by atoms with Gasteiger partial charge in [-0.1, -0.05) is 66.7 Å². The maximum Gasteiger partial charge on any atom is 0.182 e. The minimum atomic E-state index is -3.51. The number of aromatic nitrogens is 1. The lowest BCUT2D eigenvalue weighted by molar-refractivity contribution is 0.0590. The molecule has 0 aliphatic heterocycles. The minimum Gasteiger partial charge on any atom is -0.358 e. The molecular weight excluding hydrogens is 464 g/mol. The van der Waals surface area contributed by atoms with Gasteiger partial charge in [0.1, 0.15) is 0 Å². The molecule has 3 aromatic carbocycles. The van der Waals surface area contributed by atoms with E-state index >= 15 is 0 Å². The van der Waals surface area contributed by atoms with Crippen molar-refractivity contribution in [2.75, 3.05) is 14.1 Å². The molecule has 1 atom stereocenters. The van der Waals surface area contributed by atoms with Crippen molar-refractivity contribution in [2.24, 2.45) is 0 Å².